The van der Waals surface area contributed by atoms with Gasteiger partial charge in [-0.15, -0.1) is 0 Å². The van der Waals surface area contributed by atoms with Crippen LogP contribution in [0.15, 0.2) is 24.3 Å². The maximum absolute atomic E-state index is 11.0. The van der Waals surface area contributed by atoms with Crippen molar-refractivity contribution in [3.8, 4) is 5.75 Å². The van der Waals surface area contributed by atoms with Crippen molar-refractivity contribution >= 4 is 5.97 Å². The predicted octanol–water partition coefficient (Wildman–Crippen LogP) is 1.28. The van der Waals surface area contributed by atoms with E-state index in [4.69, 9.17) is 9.84 Å². The SMILES string of the molecule is Cc1cccc(OC(=O)[C@H](C)O)c1. The molecule has 0 saturated heterocycles. The Morgan fingerprint density at radius 2 is 2.23 bits per heavy atom. The summed E-state index contributed by atoms with van der Waals surface area (Å²) in [6.45, 7) is 3.28. The Morgan fingerprint density at radius 1 is 1.54 bits per heavy atom. The Morgan fingerprint density at radius 3 is 2.77 bits per heavy atom. The number of hydrogen-bond donors (Lipinski definition) is 1. The van der Waals surface area contributed by atoms with Crippen molar-refractivity contribution in [1.82, 2.24) is 0 Å². The van der Waals surface area contributed by atoms with Crippen LogP contribution in [0.3, 0.4) is 0 Å². The summed E-state index contributed by atoms with van der Waals surface area (Å²) in [5.74, 6) is -0.170. The zero-order valence-corrected chi connectivity index (χ0v) is 7.65. The Kier molecular flexibility index (Phi) is 3.03. The van der Waals surface area contributed by atoms with Gasteiger partial charge in [0, 0.05) is 0 Å². The number of aliphatic hydroxyl groups excluding tert-OH is 1. The molecule has 1 N–H and O–H groups in total. The van der Waals surface area contributed by atoms with Gasteiger partial charge >= 0.3 is 5.97 Å². The minimum Gasteiger partial charge on any atom is -0.425 e. The second kappa shape index (κ2) is 4.05. The lowest BCUT2D eigenvalue weighted by atomic mass is 10.2. The summed E-state index contributed by atoms with van der Waals surface area (Å²) >= 11 is 0. The fourth-order valence-corrected chi connectivity index (χ4v) is 0.880. The Bertz CT molecular complexity index is 305. The molecular weight excluding hydrogens is 168 g/mol. The zero-order valence-electron chi connectivity index (χ0n) is 7.65. The molecule has 0 aromatic heterocycles. The molecule has 70 valence electrons. The molecule has 0 radical (unpaired) electrons. The van der Waals surface area contributed by atoms with Gasteiger partial charge in [-0.05, 0) is 31.5 Å². The number of ether oxygens (including phenoxy) is 1. The van der Waals surface area contributed by atoms with Crippen molar-refractivity contribution < 1.29 is 14.6 Å². The molecule has 0 spiro atoms. The molecule has 1 atom stereocenters. The quantitative estimate of drug-likeness (QED) is 0.551. The van der Waals surface area contributed by atoms with Gasteiger partial charge in [-0.25, -0.2) is 4.79 Å². The smallest absolute Gasteiger partial charge is 0.340 e. The molecule has 0 saturated carbocycles. The number of carbonyl (C=O) groups excluding carboxylic acids is 1. The topological polar surface area (TPSA) is 46.5 Å². The van der Waals surface area contributed by atoms with E-state index in [0.717, 1.165) is 5.56 Å². The molecule has 0 fully saturated rings. The molecule has 0 aliphatic rings. The summed E-state index contributed by atoms with van der Waals surface area (Å²) in [4.78, 5) is 11.0. The van der Waals surface area contributed by atoms with E-state index in [0.29, 0.717) is 5.75 Å². The Hall–Kier alpha value is -1.35. The fourth-order valence-electron chi connectivity index (χ4n) is 0.880. The number of carbonyl (C=O) groups is 1. The van der Waals surface area contributed by atoms with Crippen molar-refractivity contribution in [3.05, 3.63) is 29.8 Å². The van der Waals surface area contributed by atoms with Crippen LogP contribution in [0.1, 0.15) is 12.5 Å². The van der Waals surface area contributed by atoms with Crippen molar-refractivity contribution in [3.63, 3.8) is 0 Å². The van der Waals surface area contributed by atoms with Gasteiger partial charge in [-0.1, -0.05) is 12.1 Å². The first-order chi connectivity index (χ1) is 6.09. The number of aliphatic hydroxyl groups is 1. The van der Waals surface area contributed by atoms with E-state index in [1.807, 2.05) is 13.0 Å². The van der Waals surface area contributed by atoms with E-state index in [1.165, 1.54) is 6.92 Å². The Balaban J connectivity index is 2.69. The van der Waals surface area contributed by atoms with Crippen molar-refractivity contribution in [2.75, 3.05) is 0 Å². The highest BCUT2D eigenvalue weighted by Crippen LogP contribution is 2.12. The third-order valence-electron chi connectivity index (χ3n) is 1.55. The van der Waals surface area contributed by atoms with E-state index in [2.05, 4.69) is 0 Å². The van der Waals surface area contributed by atoms with Crippen LogP contribution >= 0.6 is 0 Å². The third kappa shape index (κ3) is 2.87. The van der Waals surface area contributed by atoms with Crippen LogP contribution < -0.4 is 4.74 Å². The van der Waals surface area contributed by atoms with Crippen molar-refractivity contribution in [1.29, 1.82) is 0 Å². The summed E-state index contributed by atoms with van der Waals surface area (Å²) in [6.07, 6.45) is -1.08. The summed E-state index contributed by atoms with van der Waals surface area (Å²) in [5, 5.41) is 8.88. The highest BCUT2D eigenvalue weighted by atomic mass is 16.5. The molecule has 0 aliphatic carbocycles. The predicted molar refractivity (Wildman–Crippen MR) is 48.5 cm³/mol. The molecule has 0 unspecified atom stereocenters. The second-order valence-electron chi connectivity index (χ2n) is 2.91. The van der Waals surface area contributed by atoms with Gasteiger partial charge in [0.25, 0.3) is 0 Å². The molecule has 0 aliphatic heterocycles. The standard InChI is InChI=1S/C10H12O3/c1-7-4-3-5-9(6-7)13-10(12)8(2)11/h3-6,8,11H,1-2H3/t8-/m0/s1. The first-order valence-electron chi connectivity index (χ1n) is 4.06. The van der Waals surface area contributed by atoms with Crippen molar-refractivity contribution in [2.45, 2.75) is 20.0 Å². The maximum atomic E-state index is 11.0. The largest absolute Gasteiger partial charge is 0.425 e. The summed E-state index contributed by atoms with van der Waals surface area (Å²) in [5.41, 5.74) is 1.01. The molecule has 0 bridgehead atoms. The highest BCUT2D eigenvalue weighted by Gasteiger charge is 2.10. The number of hydrogen-bond acceptors (Lipinski definition) is 3. The van der Waals surface area contributed by atoms with Gasteiger partial charge in [-0.3, -0.25) is 0 Å². The van der Waals surface area contributed by atoms with Crippen LogP contribution in [0.2, 0.25) is 0 Å². The number of aryl methyl sites for hydroxylation is 1. The molecule has 1 aromatic rings. The number of esters is 1. The molecule has 3 nitrogen and oxygen atoms in total. The van der Waals surface area contributed by atoms with E-state index in [1.54, 1.807) is 18.2 Å². The average molecular weight is 180 g/mol. The first-order valence-corrected chi connectivity index (χ1v) is 4.06. The van der Waals surface area contributed by atoms with Crippen molar-refractivity contribution in [2.24, 2.45) is 0 Å². The summed E-state index contributed by atoms with van der Waals surface area (Å²) in [6, 6.07) is 7.10. The lowest BCUT2D eigenvalue weighted by molar-refractivity contribution is -0.142. The van der Waals surface area contributed by atoms with Crippen LogP contribution in [0.5, 0.6) is 5.75 Å². The molecule has 3 heteroatoms. The fraction of sp³-hybridized carbons (Fsp3) is 0.300. The lowest BCUT2D eigenvalue weighted by Crippen LogP contribution is -2.22. The molecule has 1 aromatic carbocycles. The van der Waals surface area contributed by atoms with Gasteiger partial charge in [0.05, 0.1) is 0 Å². The minimum absolute atomic E-state index is 0.464. The average Bonchev–Trinajstić information content (AvgIpc) is 2.04. The van der Waals surface area contributed by atoms with Crippen LogP contribution in [0.25, 0.3) is 0 Å². The van der Waals surface area contributed by atoms with Gasteiger partial charge in [-0.2, -0.15) is 0 Å². The van der Waals surface area contributed by atoms with E-state index < -0.39 is 12.1 Å². The lowest BCUT2D eigenvalue weighted by Gasteiger charge is -2.05. The van der Waals surface area contributed by atoms with E-state index in [9.17, 15) is 4.79 Å². The van der Waals surface area contributed by atoms with E-state index >= 15 is 0 Å². The van der Waals surface area contributed by atoms with Gasteiger partial charge in [0.15, 0.2) is 0 Å². The Labute approximate surface area is 77.0 Å². The van der Waals surface area contributed by atoms with E-state index in [-0.39, 0.29) is 0 Å². The normalized spacial score (nSPS) is 12.2. The van der Waals surface area contributed by atoms with Crippen LogP contribution in [0.4, 0.5) is 0 Å². The monoisotopic (exact) mass is 180 g/mol. The minimum atomic E-state index is -1.08. The van der Waals surface area contributed by atoms with Gasteiger partial charge in [0.2, 0.25) is 0 Å². The number of benzene rings is 1. The molecule has 13 heavy (non-hydrogen) atoms. The second-order valence-corrected chi connectivity index (χ2v) is 2.91. The highest BCUT2D eigenvalue weighted by molar-refractivity contribution is 5.76. The maximum Gasteiger partial charge on any atom is 0.340 e. The molecule has 0 amide bonds. The summed E-state index contributed by atoms with van der Waals surface area (Å²) < 4.78 is 4.87. The van der Waals surface area contributed by atoms with Crippen LogP contribution in [0, 0.1) is 6.92 Å². The van der Waals surface area contributed by atoms with Crippen LogP contribution in [-0.2, 0) is 4.79 Å². The molecular formula is C10H12O3. The molecule has 0 heterocycles. The molecule has 1 rings (SSSR count). The van der Waals surface area contributed by atoms with Gasteiger partial charge in [0.1, 0.15) is 11.9 Å². The third-order valence-corrected chi connectivity index (χ3v) is 1.55. The van der Waals surface area contributed by atoms with Gasteiger partial charge < -0.3 is 9.84 Å². The first kappa shape index (κ1) is 9.74. The van der Waals surface area contributed by atoms with Crippen LogP contribution in [-0.4, -0.2) is 17.2 Å². The summed E-state index contributed by atoms with van der Waals surface area (Å²) in [7, 11) is 0. The zero-order chi connectivity index (χ0) is 9.84. The number of rotatable bonds is 2.